The van der Waals surface area contributed by atoms with E-state index in [9.17, 15) is 20.1 Å². The summed E-state index contributed by atoms with van der Waals surface area (Å²) in [6.07, 6.45) is 8.56. The molecule has 338 valence electrons. The van der Waals surface area contributed by atoms with Gasteiger partial charge < -0.3 is 36.4 Å². The van der Waals surface area contributed by atoms with Gasteiger partial charge in [0.15, 0.2) is 5.78 Å². The number of epoxide rings is 1. The van der Waals surface area contributed by atoms with Crippen LogP contribution in [-0.2, 0) is 20.9 Å². The van der Waals surface area contributed by atoms with Crippen LogP contribution in [0.3, 0.4) is 0 Å². The average Bonchev–Trinajstić information content (AvgIpc) is 3.53. The summed E-state index contributed by atoms with van der Waals surface area (Å²) in [4.78, 5) is 30.2. The second kappa shape index (κ2) is 15.5. The van der Waals surface area contributed by atoms with E-state index in [4.69, 9.17) is 10.5 Å². The predicted molar refractivity (Wildman–Crippen MR) is 243 cm³/mol. The summed E-state index contributed by atoms with van der Waals surface area (Å²) in [5, 5.41) is 40.8. The van der Waals surface area contributed by atoms with E-state index >= 15 is 4.79 Å². The van der Waals surface area contributed by atoms with Gasteiger partial charge in [-0.1, -0.05) is 71.2 Å². The first-order chi connectivity index (χ1) is 29.3. The average molecular weight is 850 g/mol. The highest BCUT2D eigenvalue weighted by Crippen LogP contribution is 2.78. The molecule has 6 fully saturated rings. The second-order valence-electron chi connectivity index (χ2n) is 22.7. The molecule has 2 aromatic rings. The number of benzene rings is 2. The summed E-state index contributed by atoms with van der Waals surface area (Å²) >= 11 is 0. The van der Waals surface area contributed by atoms with E-state index in [1.54, 1.807) is 6.07 Å². The van der Waals surface area contributed by atoms with Crippen molar-refractivity contribution >= 4 is 17.3 Å². The zero-order chi connectivity index (χ0) is 44.3. The second-order valence-corrected chi connectivity index (χ2v) is 22.7. The van der Waals surface area contributed by atoms with Crippen molar-refractivity contribution in [2.75, 3.05) is 19.3 Å². The molecule has 0 bridgehead atoms. The van der Waals surface area contributed by atoms with Crippen LogP contribution in [0.4, 0.5) is 5.69 Å². The Morgan fingerprint density at radius 1 is 0.935 bits per heavy atom. The molecule has 9 heteroatoms. The summed E-state index contributed by atoms with van der Waals surface area (Å²) in [6.45, 7) is 16.4. The van der Waals surface area contributed by atoms with Crippen LogP contribution < -0.4 is 16.4 Å². The quantitative estimate of drug-likeness (QED) is 0.0913. The topological polar surface area (TPSA) is 157 Å². The number of ether oxygens (including phenoxy) is 1. The minimum atomic E-state index is -0.678. The van der Waals surface area contributed by atoms with Gasteiger partial charge in [-0.05, 0) is 166 Å². The Hall–Kier alpha value is -3.08. The molecule has 1 aliphatic heterocycles. The molecule has 7 aliphatic rings. The number of hydrogen-bond donors (Lipinski definition) is 6. The number of nitrogens with two attached hydrogens (primary N) is 1. The normalized spacial score (nSPS) is 41.0. The number of anilines is 1. The van der Waals surface area contributed by atoms with Crippen LogP contribution in [0.15, 0.2) is 53.6 Å². The third-order valence-corrected chi connectivity index (χ3v) is 19.0. The largest absolute Gasteiger partial charge is 0.508 e. The SMILES string of the molecule is CNCc1cc(O)cc([C@H]2C[C@@]3(C)[C@H]4CCC5=C([C@H](C)C[C@@H](O)[C@H]6O[C@]6(C)[C@@H]6CCC[C@H]6c6cccc(N)c6)C(=O)[C@@H]6CCC[C@@]4(C[C@H](NC[C@H](C)O)[C@H]3C(C)(C)C2=O)[C@]56C)c1. The fourth-order valence-corrected chi connectivity index (χ4v) is 16.8. The van der Waals surface area contributed by atoms with Crippen LogP contribution in [0.1, 0.15) is 148 Å². The molecule has 0 amide bonds. The monoisotopic (exact) mass is 850 g/mol. The number of hydrogen-bond acceptors (Lipinski definition) is 9. The lowest BCUT2D eigenvalue weighted by molar-refractivity contribution is -0.215. The Labute approximate surface area is 370 Å². The number of rotatable bonds is 12. The molecule has 1 saturated heterocycles. The van der Waals surface area contributed by atoms with Crippen molar-refractivity contribution in [3.8, 4) is 5.75 Å². The number of carbonyl (C=O) groups excluding carboxylic acids is 2. The van der Waals surface area contributed by atoms with Crippen LogP contribution in [-0.4, -0.2) is 70.4 Å². The van der Waals surface area contributed by atoms with Crippen LogP contribution in [0, 0.1) is 51.2 Å². The molecule has 2 aromatic carbocycles. The number of phenols is 1. The molecule has 0 unspecified atom stereocenters. The molecular formula is C53H75N3O6. The van der Waals surface area contributed by atoms with Crippen LogP contribution in [0.25, 0.3) is 0 Å². The Morgan fingerprint density at radius 3 is 2.44 bits per heavy atom. The number of aromatic hydroxyl groups is 1. The zero-order valence-electron chi connectivity index (χ0n) is 38.7. The van der Waals surface area contributed by atoms with Gasteiger partial charge in [0.1, 0.15) is 17.6 Å². The van der Waals surface area contributed by atoms with E-state index in [-0.39, 0.29) is 69.5 Å². The van der Waals surface area contributed by atoms with E-state index in [0.717, 1.165) is 80.2 Å². The zero-order valence-corrected chi connectivity index (χ0v) is 38.7. The number of fused-ring (bicyclic) bond motifs is 2. The number of carbonyl (C=O) groups is 2. The van der Waals surface area contributed by atoms with Crippen LogP contribution in [0.2, 0.25) is 0 Å². The minimum Gasteiger partial charge on any atom is -0.508 e. The summed E-state index contributed by atoms with van der Waals surface area (Å²) in [5.41, 5.74) is 10.5. The Morgan fingerprint density at radius 2 is 1.71 bits per heavy atom. The number of allylic oxidation sites excluding steroid dienone is 2. The number of Topliss-reactive ketones (excluding diaryl/α,β-unsaturated/α-hetero) is 2. The highest BCUT2D eigenvalue weighted by molar-refractivity contribution is 6.03. The first-order valence-corrected chi connectivity index (χ1v) is 24.2. The van der Waals surface area contributed by atoms with E-state index in [1.807, 2.05) is 32.2 Å². The molecule has 7 N–H and O–H groups in total. The molecule has 5 saturated carbocycles. The van der Waals surface area contributed by atoms with Gasteiger partial charge in [0.05, 0.1) is 17.8 Å². The van der Waals surface area contributed by atoms with Gasteiger partial charge in [0.2, 0.25) is 0 Å². The molecule has 1 spiro atoms. The third kappa shape index (κ3) is 6.54. The maximum Gasteiger partial charge on any atom is 0.163 e. The van der Waals surface area contributed by atoms with E-state index < -0.39 is 23.2 Å². The van der Waals surface area contributed by atoms with E-state index in [2.05, 4.69) is 70.4 Å². The predicted octanol–water partition coefficient (Wildman–Crippen LogP) is 8.35. The van der Waals surface area contributed by atoms with Gasteiger partial charge in [-0.3, -0.25) is 9.59 Å². The molecule has 15 atom stereocenters. The highest BCUT2D eigenvalue weighted by atomic mass is 16.6. The third-order valence-electron chi connectivity index (χ3n) is 19.0. The molecular weight excluding hydrogens is 775 g/mol. The van der Waals surface area contributed by atoms with Crippen LogP contribution >= 0.6 is 0 Å². The molecule has 0 radical (unpaired) electrons. The Bertz CT molecular complexity index is 2130. The summed E-state index contributed by atoms with van der Waals surface area (Å²) in [5.74, 6) is 1.09. The fourth-order valence-electron chi connectivity index (χ4n) is 16.8. The Balaban J connectivity index is 1.05. The maximum absolute atomic E-state index is 15.2. The number of nitrogen functional groups attached to an aromatic ring is 1. The Kier molecular flexibility index (Phi) is 11.1. The van der Waals surface area contributed by atoms with Crippen molar-refractivity contribution in [2.45, 2.75) is 167 Å². The van der Waals surface area contributed by atoms with Crippen molar-refractivity contribution in [3.63, 3.8) is 0 Å². The van der Waals surface area contributed by atoms with Gasteiger partial charge in [-0.2, -0.15) is 0 Å². The highest BCUT2D eigenvalue weighted by Gasteiger charge is 2.75. The summed E-state index contributed by atoms with van der Waals surface area (Å²) in [6, 6.07) is 13.9. The standard InChI is InChI=1S/C53H75N3O6/c1-29(20-42(59)48-52(7,62-48)38-15-10-14-36(38)32-12-9-13-34(54)23-32)44-39-17-18-43-50(5)25-37(33-21-31(28-55-8)22-35(58)24-33)47(61)49(3,4)46(50)41(56-27-30(2)57)26-53(43)19-11-16-40(45(44)60)51(39,53)6/h9,12-13,21-24,29-30,36-38,40-43,46,48,55-59H,10-11,14-20,25-28,54H2,1-8H3/t29-,30+,36+,37-,38-,40+,41+,42-,43-,46+,48-,50+,51-,52-,53+/m1/s1. The smallest absolute Gasteiger partial charge is 0.163 e. The maximum atomic E-state index is 15.2. The molecule has 0 aromatic heterocycles. The number of ketones is 2. The van der Waals surface area contributed by atoms with Crippen molar-refractivity contribution in [1.82, 2.24) is 10.6 Å². The molecule has 9 rings (SSSR count). The number of phenolic OH excluding ortho intramolecular Hbond substituents is 1. The number of aliphatic hydroxyl groups is 2. The molecule has 9 nitrogen and oxygen atoms in total. The fraction of sp³-hybridized carbons (Fsp3) is 0.698. The lowest BCUT2D eigenvalue weighted by atomic mass is 9.31. The van der Waals surface area contributed by atoms with Gasteiger partial charge in [0, 0.05) is 47.5 Å². The van der Waals surface area contributed by atoms with Gasteiger partial charge >= 0.3 is 0 Å². The minimum absolute atomic E-state index is 0.0222. The number of nitrogens with one attached hydrogen (secondary N) is 2. The lowest BCUT2D eigenvalue weighted by Crippen LogP contribution is -2.71. The van der Waals surface area contributed by atoms with Crippen molar-refractivity contribution < 1.29 is 29.6 Å². The summed E-state index contributed by atoms with van der Waals surface area (Å²) in [7, 11) is 1.89. The van der Waals surface area contributed by atoms with Crippen molar-refractivity contribution in [3.05, 3.63) is 70.3 Å². The molecule has 62 heavy (non-hydrogen) atoms. The lowest BCUT2D eigenvalue weighted by Gasteiger charge is -2.73. The van der Waals surface area contributed by atoms with E-state index in [0.29, 0.717) is 43.6 Å². The van der Waals surface area contributed by atoms with Gasteiger partial charge in [0.25, 0.3) is 0 Å². The first-order valence-electron chi connectivity index (χ1n) is 24.2. The van der Waals surface area contributed by atoms with Crippen LogP contribution in [0.5, 0.6) is 5.75 Å². The number of aliphatic hydroxyl groups excluding tert-OH is 2. The van der Waals surface area contributed by atoms with E-state index in [1.165, 1.54) is 11.1 Å². The summed E-state index contributed by atoms with van der Waals surface area (Å²) < 4.78 is 6.54. The first kappa shape index (κ1) is 44.1. The van der Waals surface area contributed by atoms with Crippen molar-refractivity contribution in [2.24, 2.45) is 51.2 Å². The van der Waals surface area contributed by atoms with Gasteiger partial charge in [-0.25, -0.2) is 0 Å². The van der Waals surface area contributed by atoms with Gasteiger partial charge in [-0.15, -0.1) is 0 Å². The molecule has 6 aliphatic carbocycles. The molecule has 1 heterocycles. The van der Waals surface area contributed by atoms with Crippen molar-refractivity contribution in [1.29, 1.82) is 0 Å².